The van der Waals surface area contributed by atoms with Crippen LogP contribution in [0.25, 0.3) is 11.1 Å². The molecule has 0 bridgehead atoms. The summed E-state index contributed by atoms with van der Waals surface area (Å²) in [6.45, 7) is 6.05. The van der Waals surface area contributed by atoms with Gasteiger partial charge in [0.2, 0.25) is 0 Å². The first kappa shape index (κ1) is 23.7. The van der Waals surface area contributed by atoms with E-state index in [0.717, 1.165) is 49.0 Å². The van der Waals surface area contributed by atoms with Gasteiger partial charge in [-0.1, -0.05) is 105 Å². The molecule has 0 fully saturated rings. The van der Waals surface area contributed by atoms with Crippen molar-refractivity contribution < 1.29 is 9.53 Å². The van der Waals surface area contributed by atoms with E-state index in [2.05, 4.69) is 67.7 Å². The first-order chi connectivity index (χ1) is 15.6. The fourth-order valence-electron chi connectivity index (χ4n) is 4.59. The highest BCUT2D eigenvalue weighted by molar-refractivity contribution is 5.87. The molecule has 0 heterocycles. The molecule has 1 N–H and O–H groups in total. The zero-order chi connectivity index (χ0) is 22.8. The maximum Gasteiger partial charge on any atom is 0.316 e. The molecule has 32 heavy (non-hydrogen) atoms. The predicted molar refractivity (Wildman–Crippen MR) is 132 cm³/mol. The van der Waals surface area contributed by atoms with Crippen LogP contribution < -0.4 is 5.32 Å². The number of hydrogen-bond donors (Lipinski definition) is 1. The summed E-state index contributed by atoms with van der Waals surface area (Å²) in [5.41, 5.74) is 3.90. The smallest absolute Gasteiger partial charge is 0.316 e. The minimum Gasteiger partial charge on any atom is -0.468 e. The number of esters is 1. The van der Waals surface area contributed by atoms with Crippen molar-refractivity contribution in [3.8, 4) is 11.1 Å². The molecule has 3 aromatic rings. The second-order valence-electron chi connectivity index (χ2n) is 8.65. The van der Waals surface area contributed by atoms with E-state index in [1.807, 2.05) is 36.4 Å². The lowest BCUT2D eigenvalue weighted by molar-refractivity contribution is -0.150. The number of methoxy groups -OCH3 is 1. The monoisotopic (exact) mass is 429 g/mol. The molecule has 0 saturated heterocycles. The Hall–Kier alpha value is -2.91. The van der Waals surface area contributed by atoms with E-state index in [1.165, 1.54) is 12.7 Å². The summed E-state index contributed by atoms with van der Waals surface area (Å²) in [7, 11) is 1.51. The van der Waals surface area contributed by atoms with Crippen LogP contribution in [0.5, 0.6) is 0 Å². The van der Waals surface area contributed by atoms with Crippen LogP contribution in [0.3, 0.4) is 0 Å². The highest BCUT2D eigenvalue weighted by Gasteiger charge is 2.45. The van der Waals surface area contributed by atoms with Crippen LogP contribution in [0.2, 0.25) is 0 Å². The molecule has 3 aromatic carbocycles. The molecule has 3 rings (SSSR count). The van der Waals surface area contributed by atoms with Crippen molar-refractivity contribution in [2.24, 2.45) is 5.92 Å². The fraction of sp³-hybridized carbons (Fsp3) is 0.345. The van der Waals surface area contributed by atoms with Crippen LogP contribution in [0.1, 0.15) is 44.2 Å². The second kappa shape index (κ2) is 11.6. The zero-order valence-corrected chi connectivity index (χ0v) is 19.5. The van der Waals surface area contributed by atoms with Crippen molar-refractivity contribution in [3.63, 3.8) is 0 Å². The molecule has 0 aliphatic carbocycles. The Kier molecular flexibility index (Phi) is 8.64. The number of carbonyl (C=O) groups excluding carboxylic acids is 1. The summed E-state index contributed by atoms with van der Waals surface area (Å²) in [5.74, 6) is -0.0368. The minimum absolute atomic E-state index is 0.108. The average Bonchev–Trinajstić information content (AvgIpc) is 2.84. The first-order valence-corrected chi connectivity index (χ1v) is 11.6. The van der Waals surface area contributed by atoms with Gasteiger partial charge in [-0.2, -0.15) is 0 Å². The van der Waals surface area contributed by atoms with Crippen LogP contribution in [0.4, 0.5) is 0 Å². The van der Waals surface area contributed by atoms with Gasteiger partial charge >= 0.3 is 5.97 Å². The zero-order valence-electron chi connectivity index (χ0n) is 19.5. The Morgan fingerprint density at radius 2 is 1.50 bits per heavy atom. The lowest BCUT2D eigenvalue weighted by atomic mass is 9.66. The number of ether oxygens (including phenoxy) is 1. The van der Waals surface area contributed by atoms with Gasteiger partial charge in [0.25, 0.3) is 0 Å². The number of unbranched alkanes of at least 4 members (excludes halogenated alkanes) is 1. The van der Waals surface area contributed by atoms with Gasteiger partial charge in [-0.25, -0.2) is 0 Å². The van der Waals surface area contributed by atoms with Gasteiger partial charge in [0.05, 0.1) is 12.5 Å². The summed E-state index contributed by atoms with van der Waals surface area (Å²) < 4.78 is 5.40. The molecule has 0 aromatic heterocycles. The third kappa shape index (κ3) is 5.46. The van der Waals surface area contributed by atoms with Gasteiger partial charge in [-0.15, -0.1) is 0 Å². The number of carbonyl (C=O) groups is 1. The van der Waals surface area contributed by atoms with E-state index < -0.39 is 5.41 Å². The van der Waals surface area contributed by atoms with Crippen molar-refractivity contribution in [2.75, 3.05) is 13.7 Å². The fourth-order valence-corrected chi connectivity index (χ4v) is 4.59. The molecule has 0 radical (unpaired) electrons. The third-order valence-corrected chi connectivity index (χ3v) is 6.37. The number of rotatable bonds is 11. The van der Waals surface area contributed by atoms with Gasteiger partial charge in [0.1, 0.15) is 0 Å². The molecule has 0 aliphatic heterocycles. The molecule has 3 heteroatoms. The molecule has 0 saturated carbocycles. The van der Waals surface area contributed by atoms with Crippen molar-refractivity contribution in [3.05, 3.63) is 96.1 Å². The predicted octanol–water partition coefficient (Wildman–Crippen LogP) is 6.38. The van der Waals surface area contributed by atoms with E-state index in [-0.39, 0.29) is 11.9 Å². The summed E-state index contributed by atoms with van der Waals surface area (Å²) >= 11 is 0. The second-order valence-corrected chi connectivity index (χ2v) is 8.65. The summed E-state index contributed by atoms with van der Waals surface area (Å²) in [5, 5.41) is 3.52. The van der Waals surface area contributed by atoms with Crippen molar-refractivity contribution in [1.29, 1.82) is 0 Å². The molecule has 0 spiro atoms. The van der Waals surface area contributed by atoms with E-state index in [9.17, 15) is 4.79 Å². The summed E-state index contributed by atoms with van der Waals surface area (Å²) in [4.78, 5) is 13.3. The van der Waals surface area contributed by atoms with Crippen LogP contribution in [-0.2, 0) is 21.5 Å². The molecule has 1 unspecified atom stereocenters. The van der Waals surface area contributed by atoms with E-state index in [4.69, 9.17) is 4.74 Å². The number of nitrogens with one attached hydrogen (secondary N) is 1. The Labute approximate surface area is 192 Å². The molecular weight excluding hydrogens is 394 g/mol. The molecular formula is C29H35NO2. The van der Waals surface area contributed by atoms with Crippen molar-refractivity contribution in [2.45, 2.75) is 45.1 Å². The molecule has 168 valence electrons. The Balaban J connectivity index is 1.78. The number of hydrogen-bond acceptors (Lipinski definition) is 3. The molecule has 0 aliphatic rings. The Bertz CT molecular complexity index is 969. The van der Waals surface area contributed by atoms with Gasteiger partial charge in [-0.05, 0) is 47.6 Å². The van der Waals surface area contributed by atoms with Gasteiger partial charge in [0, 0.05) is 6.54 Å². The normalized spacial score (nSPS) is 13.0. The van der Waals surface area contributed by atoms with Crippen LogP contribution in [0.15, 0.2) is 84.9 Å². The lowest BCUT2D eigenvalue weighted by Crippen LogP contribution is -2.42. The van der Waals surface area contributed by atoms with Crippen molar-refractivity contribution in [1.82, 2.24) is 5.32 Å². The van der Waals surface area contributed by atoms with Gasteiger partial charge in [-0.3, -0.25) is 4.79 Å². The van der Waals surface area contributed by atoms with Crippen LogP contribution in [0, 0.1) is 5.92 Å². The van der Waals surface area contributed by atoms with Crippen LogP contribution >= 0.6 is 0 Å². The Morgan fingerprint density at radius 3 is 2.16 bits per heavy atom. The van der Waals surface area contributed by atoms with Gasteiger partial charge < -0.3 is 10.1 Å². The van der Waals surface area contributed by atoms with E-state index >= 15 is 0 Å². The highest BCUT2D eigenvalue weighted by Crippen LogP contribution is 2.43. The molecule has 0 amide bonds. The topological polar surface area (TPSA) is 38.3 Å². The average molecular weight is 430 g/mol. The highest BCUT2D eigenvalue weighted by atomic mass is 16.5. The van der Waals surface area contributed by atoms with E-state index in [0.29, 0.717) is 0 Å². The molecule has 3 nitrogen and oxygen atoms in total. The minimum atomic E-state index is -0.680. The first-order valence-electron chi connectivity index (χ1n) is 11.6. The standard InChI is InChI=1S/C29H35NO2/c1-23(2)29(28(31)32-3,20-12-13-21-30-22-24-14-6-4-7-15-24)27-19-11-10-18-26(27)25-16-8-5-9-17-25/h4-11,14-19,23,30H,12-13,20-22H2,1-3H3. The molecule has 1 atom stereocenters. The maximum atomic E-state index is 13.3. The van der Waals surface area contributed by atoms with E-state index in [1.54, 1.807) is 0 Å². The summed E-state index contributed by atoms with van der Waals surface area (Å²) in [6, 6.07) is 29.0. The Morgan fingerprint density at radius 1 is 0.875 bits per heavy atom. The lowest BCUT2D eigenvalue weighted by Gasteiger charge is -2.37. The third-order valence-electron chi connectivity index (χ3n) is 6.37. The largest absolute Gasteiger partial charge is 0.468 e. The summed E-state index contributed by atoms with van der Waals surface area (Å²) in [6.07, 6.45) is 2.71. The maximum absolute atomic E-state index is 13.3. The van der Waals surface area contributed by atoms with Crippen LogP contribution in [-0.4, -0.2) is 19.6 Å². The SMILES string of the molecule is COC(=O)C(CCCCNCc1ccccc1)(c1ccccc1-c1ccccc1)C(C)C. The number of benzene rings is 3. The quantitative estimate of drug-likeness (QED) is 0.284. The van der Waals surface area contributed by atoms with Gasteiger partial charge in [0.15, 0.2) is 0 Å². The van der Waals surface area contributed by atoms with Crippen molar-refractivity contribution >= 4 is 5.97 Å².